The van der Waals surface area contributed by atoms with Crippen molar-refractivity contribution in [3.8, 4) is 0 Å². The molecule has 0 radical (unpaired) electrons. The molecular formula is C10H21NO2S2. The van der Waals surface area contributed by atoms with Gasteiger partial charge in [0.15, 0.2) is 9.84 Å². The van der Waals surface area contributed by atoms with Gasteiger partial charge in [-0.2, -0.15) is 12.6 Å². The van der Waals surface area contributed by atoms with Crippen LogP contribution in [0.3, 0.4) is 0 Å². The van der Waals surface area contributed by atoms with E-state index < -0.39 is 9.84 Å². The molecule has 90 valence electrons. The van der Waals surface area contributed by atoms with Gasteiger partial charge in [-0.15, -0.1) is 0 Å². The minimum Gasteiger partial charge on any atom is -0.302 e. The van der Waals surface area contributed by atoms with E-state index in [2.05, 4.69) is 24.5 Å². The Morgan fingerprint density at radius 3 is 2.60 bits per heavy atom. The normalized spacial score (nSPS) is 27.1. The summed E-state index contributed by atoms with van der Waals surface area (Å²) in [6.45, 7) is 3.11. The van der Waals surface area contributed by atoms with E-state index in [0.717, 1.165) is 25.1 Å². The first-order valence-corrected chi connectivity index (χ1v) is 7.95. The Labute approximate surface area is 98.6 Å². The molecule has 2 unspecified atom stereocenters. The van der Waals surface area contributed by atoms with Gasteiger partial charge in [0.1, 0.15) is 0 Å². The maximum atomic E-state index is 11.3. The molecule has 15 heavy (non-hydrogen) atoms. The molecule has 0 bridgehead atoms. The molecule has 0 aromatic carbocycles. The Hall–Kier alpha value is 0.260. The van der Waals surface area contributed by atoms with E-state index in [4.69, 9.17) is 0 Å². The van der Waals surface area contributed by atoms with Crippen molar-refractivity contribution in [2.75, 3.05) is 30.9 Å². The third-order valence-corrected chi connectivity index (χ3v) is 5.48. The number of nitrogens with zero attached hydrogens (tertiary/aromatic N) is 1. The molecule has 0 spiro atoms. The van der Waals surface area contributed by atoms with Crippen LogP contribution in [0.1, 0.15) is 19.8 Å². The molecular weight excluding hydrogens is 230 g/mol. The van der Waals surface area contributed by atoms with Gasteiger partial charge in [0, 0.05) is 12.6 Å². The van der Waals surface area contributed by atoms with Gasteiger partial charge in [0.05, 0.1) is 11.5 Å². The molecule has 1 aliphatic heterocycles. The van der Waals surface area contributed by atoms with Gasteiger partial charge in [-0.05, 0) is 25.1 Å². The van der Waals surface area contributed by atoms with Crippen molar-refractivity contribution >= 4 is 22.5 Å². The first kappa shape index (κ1) is 13.3. The molecule has 0 amide bonds. The number of hydrogen-bond acceptors (Lipinski definition) is 4. The minimum absolute atomic E-state index is 0.226. The number of rotatable bonds is 5. The van der Waals surface area contributed by atoms with Crippen molar-refractivity contribution in [3.63, 3.8) is 0 Å². The zero-order chi connectivity index (χ0) is 11.5. The summed E-state index contributed by atoms with van der Waals surface area (Å²) in [4.78, 5) is 2.19. The fraction of sp³-hybridized carbons (Fsp3) is 1.00. The third kappa shape index (κ3) is 3.96. The fourth-order valence-corrected chi connectivity index (χ4v) is 4.17. The van der Waals surface area contributed by atoms with Crippen LogP contribution in [0.5, 0.6) is 0 Å². The van der Waals surface area contributed by atoms with Crippen molar-refractivity contribution < 1.29 is 8.42 Å². The molecule has 5 heteroatoms. The molecule has 0 aromatic rings. The second-order valence-corrected chi connectivity index (χ2v) is 7.05. The van der Waals surface area contributed by atoms with Gasteiger partial charge in [-0.3, -0.25) is 0 Å². The SMILES string of the molecule is CCC(CS)CN(C)C1CCS(=O)(=O)C1. The van der Waals surface area contributed by atoms with Crippen LogP contribution in [0.4, 0.5) is 0 Å². The van der Waals surface area contributed by atoms with Gasteiger partial charge >= 0.3 is 0 Å². The molecule has 0 N–H and O–H groups in total. The van der Waals surface area contributed by atoms with Gasteiger partial charge in [0.2, 0.25) is 0 Å². The Morgan fingerprint density at radius 1 is 1.53 bits per heavy atom. The van der Waals surface area contributed by atoms with Crippen molar-refractivity contribution in [3.05, 3.63) is 0 Å². The van der Waals surface area contributed by atoms with Crippen LogP contribution in [0.2, 0.25) is 0 Å². The lowest BCUT2D eigenvalue weighted by Gasteiger charge is -2.26. The first-order chi connectivity index (χ1) is 6.98. The highest BCUT2D eigenvalue weighted by molar-refractivity contribution is 7.91. The molecule has 1 heterocycles. The minimum atomic E-state index is -2.75. The molecule has 3 nitrogen and oxygen atoms in total. The van der Waals surface area contributed by atoms with Crippen LogP contribution >= 0.6 is 12.6 Å². The summed E-state index contributed by atoms with van der Waals surface area (Å²) >= 11 is 4.30. The molecule has 1 rings (SSSR count). The summed E-state index contributed by atoms with van der Waals surface area (Å²) in [6, 6.07) is 0.226. The topological polar surface area (TPSA) is 37.4 Å². The number of hydrogen-bond donors (Lipinski definition) is 1. The van der Waals surface area contributed by atoms with E-state index in [1.807, 2.05) is 7.05 Å². The highest BCUT2D eigenvalue weighted by Gasteiger charge is 2.30. The van der Waals surface area contributed by atoms with Crippen molar-refractivity contribution in [2.45, 2.75) is 25.8 Å². The highest BCUT2D eigenvalue weighted by atomic mass is 32.2. The van der Waals surface area contributed by atoms with E-state index >= 15 is 0 Å². The molecule has 2 atom stereocenters. The van der Waals surface area contributed by atoms with E-state index in [0.29, 0.717) is 17.4 Å². The van der Waals surface area contributed by atoms with Crippen molar-refractivity contribution in [2.24, 2.45) is 5.92 Å². The maximum absolute atomic E-state index is 11.3. The Kier molecular flexibility index (Phi) is 4.93. The van der Waals surface area contributed by atoms with Gasteiger partial charge in [-0.25, -0.2) is 8.42 Å². The molecule has 0 aromatic heterocycles. The monoisotopic (exact) mass is 251 g/mol. The largest absolute Gasteiger partial charge is 0.302 e. The molecule has 1 aliphatic rings. The summed E-state index contributed by atoms with van der Waals surface area (Å²) < 4.78 is 22.7. The van der Waals surface area contributed by atoms with E-state index in [9.17, 15) is 8.42 Å². The first-order valence-electron chi connectivity index (χ1n) is 5.50. The van der Waals surface area contributed by atoms with E-state index in [1.54, 1.807) is 0 Å². The third-order valence-electron chi connectivity index (χ3n) is 3.21. The molecule has 1 fully saturated rings. The summed E-state index contributed by atoms with van der Waals surface area (Å²) in [5.74, 6) is 2.15. The van der Waals surface area contributed by atoms with E-state index in [-0.39, 0.29) is 6.04 Å². The summed E-state index contributed by atoms with van der Waals surface area (Å²) in [5.41, 5.74) is 0. The quantitative estimate of drug-likeness (QED) is 0.743. The lowest BCUT2D eigenvalue weighted by atomic mass is 10.1. The van der Waals surface area contributed by atoms with Gasteiger partial charge in [0.25, 0.3) is 0 Å². The zero-order valence-electron chi connectivity index (χ0n) is 9.52. The van der Waals surface area contributed by atoms with Crippen LogP contribution in [-0.4, -0.2) is 50.2 Å². The average molecular weight is 251 g/mol. The molecule has 0 aliphatic carbocycles. The number of thiol groups is 1. The Bertz CT molecular complexity index is 286. The predicted molar refractivity (Wildman–Crippen MR) is 67.3 cm³/mol. The smallest absolute Gasteiger partial charge is 0.151 e. The average Bonchev–Trinajstić information content (AvgIpc) is 2.55. The Balaban J connectivity index is 2.44. The second kappa shape index (κ2) is 5.55. The standard InChI is InChI=1S/C10H21NO2S2/c1-3-9(7-14)6-11(2)10-4-5-15(12,13)8-10/h9-10,14H,3-8H2,1-2H3. The molecule has 0 saturated carbocycles. The Morgan fingerprint density at radius 2 is 2.20 bits per heavy atom. The van der Waals surface area contributed by atoms with Crippen LogP contribution < -0.4 is 0 Å². The van der Waals surface area contributed by atoms with Crippen LogP contribution in [0.15, 0.2) is 0 Å². The van der Waals surface area contributed by atoms with Crippen LogP contribution in [0, 0.1) is 5.92 Å². The highest BCUT2D eigenvalue weighted by Crippen LogP contribution is 2.18. The van der Waals surface area contributed by atoms with Crippen LogP contribution in [-0.2, 0) is 9.84 Å². The summed E-state index contributed by atoms with van der Waals surface area (Å²) in [6.07, 6.45) is 1.90. The van der Waals surface area contributed by atoms with Gasteiger partial charge in [-0.1, -0.05) is 13.3 Å². The fourth-order valence-electron chi connectivity index (χ4n) is 2.00. The lowest BCUT2D eigenvalue weighted by Crippen LogP contribution is -2.36. The number of sulfone groups is 1. The second-order valence-electron chi connectivity index (χ2n) is 4.45. The zero-order valence-corrected chi connectivity index (χ0v) is 11.2. The van der Waals surface area contributed by atoms with Crippen LogP contribution in [0.25, 0.3) is 0 Å². The summed E-state index contributed by atoms with van der Waals surface area (Å²) in [7, 11) is -0.725. The summed E-state index contributed by atoms with van der Waals surface area (Å²) in [5, 5.41) is 0. The maximum Gasteiger partial charge on any atom is 0.151 e. The lowest BCUT2D eigenvalue weighted by molar-refractivity contribution is 0.227. The van der Waals surface area contributed by atoms with E-state index in [1.165, 1.54) is 0 Å². The van der Waals surface area contributed by atoms with Gasteiger partial charge < -0.3 is 4.90 Å². The molecule has 1 saturated heterocycles. The van der Waals surface area contributed by atoms with Crippen molar-refractivity contribution in [1.82, 2.24) is 4.90 Å². The van der Waals surface area contributed by atoms with Crippen molar-refractivity contribution in [1.29, 1.82) is 0 Å². The predicted octanol–water partition coefficient (Wildman–Crippen LogP) is 1.06.